The van der Waals surface area contributed by atoms with Crippen molar-refractivity contribution in [1.29, 1.82) is 0 Å². The molecule has 0 saturated heterocycles. The Morgan fingerprint density at radius 3 is 3.00 bits per heavy atom. The molecule has 0 spiro atoms. The highest BCUT2D eigenvalue weighted by Crippen LogP contribution is 2.24. The first-order valence-electron chi connectivity index (χ1n) is 6.02. The first-order chi connectivity index (χ1) is 9.19. The lowest BCUT2D eigenvalue weighted by Gasteiger charge is -2.16. The maximum absolute atomic E-state index is 5.86. The molecule has 0 unspecified atom stereocenters. The Labute approximate surface area is 115 Å². The summed E-state index contributed by atoms with van der Waals surface area (Å²) in [6, 6.07) is 0. The molecule has 0 aliphatic heterocycles. The third-order valence-electron chi connectivity index (χ3n) is 3.07. The predicted octanol–water partition coefficient (Wildman–Crippen LogP) is 1.22. The molecule has 0 saturated carbocycles. The van der Waals surface area contributed by atoms with Gasteiger partial charge in [0.1, 0.15) is 0 Å². The Balaban J connectivity index is 1.92. The van der Waals surface area contributed by atoms with Crippen LogP contribution in [0.4, 0.5) is 5.82 Å². The Morgan fingerprint density at radius 1 is 1.47 bits per heavy atom. The van der Waals surface area contributed by atoms with Crippen molar-refractivity contribution in [3.05, 3.63) is 35.2 Å². The van der Waals surface area contributed by atoms with E-state index >= 15 is 0 Å². The highest BCUT2D eigenvalue weighted by atomic mass is 32.1. The zero-order valence-electron chi connectivity index (χ0n) is 10.9. The first kappa shape index (κ1) is 12.2. The Hall–Kier alpha value is -1.86. The minimum Gasteiger partial charge on any atom is -0.354 e. The fourth-order valence-corrected chi connectivity index (χ4v) is 2.95. The van der Waals surface area contributed by atoms with Gasteiger partial charge in [0.2, 0.25) is 0 Å². The number of hydrogen-bond donors (Lipinski definition) is 1. The number of fused-ring (bicyclic) bond motifs is 1. The number of rotatable bonds is 4. The highest BCUT2D eigenvalue weighted by molar-refractivity contribution is 7.15. The smallest absolute Gasteiger partial charge is 0.195 e. The van der Waals surface area contributed by atoms with Gasteiger partial charge in [0.05, 0.1) is 11.9 Å². The summed E-state index contributed by atoms with van der Waals surface area (Å²) in [5.41, 5.74) is 8.06. The Bertz CT molecular complexity index is 694. The van der Waals surface area contributed by atoms with Gasteiger partial charge in [-0.3, -0.25) is 9.08 Å². The molecule has 0 atom stereocenters. The normalized spacial score (nSPS) is 11.3. The van der Waals surface area contributed by atoms with Crippen LogP contribution in [0.1, 0.15) is 11.3 Å². The second-order valence-electron chi connectivity index (χ2n) is 4.52. The van der Waals surface area contributed by atoms with Gasteiger partial charge in [-0.2, -0.15) is 5.10 Å². The van der Waals surface area contributed by atoms with E-state index in [1.807, 2.05) is 38.1 Å². The van der Waals surface area contributed by atoms with E-state index in [1.54, 1.807) is 16.0 Å². The van der Waals surface area contributed by atoms with E-state index in [0.717, 1.165) is 28.6 Å². The summed E-state index contributed by atoms with van der Waals surface area (Å²) in [5.74, 6) is 0.943. The average molecular weight is 276 g/mol. The predicted molar refractivity (Wildman–Crippen MR) is 76.3 cm³/mol. The zero-order valence-corrected chi connectivity index (χ0v) is 11.8. The van der Waals surface area contributed by atoms with Gasteiger partial charge >= 0.3 is 0 Å². The van der Waals surface area contributed by atoms with Crippen molar-refractivity contribution in [3.8, 4) is 0 Å². The number of nitrogens with zero attached hydrogens (tertiary/aromatic N) is 5. The van der Waals surface area contributed by atoms with Crippen LogP contribution >= 0.6 is 11.3 Å². The van der Waals surface area contributed by atoms with E-state index in [4.69, 9.17) is 5.73 Å². The summed E-state index contributed by atoms with van der Waals surface area (Å²) in [6.45, 7) is 1.25. The lowest BCUT2D eigenvalue weighted by Crippen LogP contribution is -2.19. The molecule has 0 bridgehead atoms. The molecule has 3 heterocycles. The molecule has 7 heteroatoms. The van der Waals surface area contributed by atoms with Crippen LogP contribution in [0.15, 0.2) is 24.0 Å². The molecular formula is C12H16N6S. The number of anilines is 1. The summed E-state index contributed by atoms with van der Waals surface area (Å²) in [4.78, 5) is 7.74. The molecule has 19 heavy (non-hydrogen) atoms. The largest absolute Gasteiger partial charge is 0.354 e. The molecule has 3 rings (SSSR count). The van der Waals surface area contributed by atoms with Gasteiger partial charge in [0, 0.05) is 50.5 Å². The minimum atomic E-state index is 0.477. The van der Waals surface area contributed by atoms with Gasteiger partial charge in [0.25, 0.3) is 0 Å². The molecule has 0 aromatic carbocycles. The summed E-state index contributed by atoms with van der Waals surface area (Å²) in [6.07, 6.45) is 5.89. The van der Waals surface area contributed by atoms with Crippen LogP contribution in [-0.2, 0) is 20.1 Å². The number of aryl methyl sites for hydroxylation is 1. The van der Waals surface area contributed by atoms with Crippen LogP contribution in [-0.4, -0.2) is 26.2 Å². The first-order valence-corrected chi connectivity index (χ1v) is 6.90. The average Bonchev–Trinajstić information content (AvgIpc) is 3.03. The van der Waals surface area contributed by atoms with E-state index < -0.39 is 0 Å². The van der Waals surface area contributed by atoms with Crippen molar-refractivity contribution in [2.75, 3.05) is 11.9 Å². The fraction of sp³-hybridized carbons (Fsp3) is 0.333. The van der Waals surface area contributed by atoms with Crippen LogP contribution < -0.4 is 10.6 Å². The summed E-state index contributed by atoms with van der Waals surface area (Å²) in [5, 5.41) is 6.20. The van der Waals surface area contributed by atoms with Gasteiger partial charge in [0.15, 0.2) is 10.8 Å². The summed E-state index contributed by atoms with van der Waals surface area (Å²) in [7, 11) is 3.94. The van der Waals surface area contributed by atoms with Crippen LogP contribution in [0.3, 0.4) is 0 Å². The van der Waals surface area contributed by atoms with Crippen molar-refractivity contribution < 1.29 is 0 Å². The zero-order chi connectivity index (χ0) is 13.4. The second kappa shape index (κ2) is 4.67. The molecule has 3 aromatic heterocycles. The van der Waals surface area contributed by atoms with Crippen molar-refractivity contribution in [2.45, 2.75) is 13.1 Å². The van der Waals surface area contributed by atoms with Gasteiger partial charge in [-0.25, -0.2) is 4.98 Å². The molecule has 6 nitrogen and oxygen atoms in total. The van der Waals surface area contributed by atoms with Gasteiger partial charge in [-0.15, -0.1) is 11.3 Å². The van der Waals surface area contributed by atoms with Gasteiger partial charge < -0.3 is 10.6 Å². The molecule has 0 aliphatic carbocycles. The molecule has 0 fully saturated rings. The molecular weight excluding hydrogens is 260 g/mol. The number of nitrogens with two attached hydrogens (primary N) is 1. The number of imidazole rings is 1. The lowest BCUT2D eigenvalue weighted by molar-refractivity contribution is 0.766. The second-order valence-corrected chi connectivity index (χ2v) is 5.39. The van der Waals surface area contributed by atoms with E-state index in [2.05, 4.69) is 19.4 Å². The van der Waals surface area contributed by atoms with Crippen LogP contribution in [0.5, 0.6) is 0 Å². The molecule has 0 radical (unpaired) electrons. The molecule has 0 aliphatic rings. The fourth-order valence-electron chi connectivity index (χ4n) is 2.22. The Kier molecular flexibility index (Phi) is 3.00. The number of thiazole rings is 1. The van der Waals surface area contributed by atoms with Crippen molar-refractivity contribution in [2.24, 2.45) is 12.8 Å². The maximum atomic E-state index is 5.86. The quantitative estimate of drug-likeness (QED) is 0.778. The summed E-state index contributed by atoms with van der Waals surface area (Å²) < 4.78 is 3.86. The Morgan fingerprint density at radius 2 is 2.32 bits per heavy atom. The van der Waals surface area contributed by atoms with Gasteiger partial charge in [-0.05, 0) is 0 Å². The number of hydrogen-bond acceptors (Lipinski definition) is 5. The topological polar surface area (TPSA) is 64.4 Å². The SMILES string of the molecule is CN(Cc1cnn(C)c1)c1nc2sccn2c1CN. The van der Waals surface area contributed by atoms with E-state index in [0.29, 0.717) is 6.54 Å². The van der Waals surface area contributed by atoms with E-state index in [-0.39, 0.29) is 0 Å². The lowest BCUT2D eigenvalue weighted by atomic mass is 10.3. The van der Waals surface area contributed by atoms with Crippen molar-refractivity contribution in [1.82, 2.24) is 19.2 Å². The minimum absolute atomic E-state index is 0.477. The number of aromatic nitrogens is 4. The monoisotopic (exact) mass is 276 g/mol. The van der Waals surface area contributed by atoms with E-state index in [1.165, 1.54) is 0 Å². The highest BCUT2D eigenvalue weighted by Gasteiger charge is 2.15. The third kappa shape index (κ3) is 2.11. The molecule has 0 amide bonds. The maximum Gasteiger partial charge on any atom is 0.195 e. The molecule has 3 aromatic rings. The van der Waals surface area contributed by atoms with Crippen molar-refractivity contribution in [3.63, 3.8) is 0 Å². The third-order valence-corrected chi connectivity index (χ3v) is 3.83. The van der Waals surface area contributed by atoms with Crippen LogP contribution in [0.25, 0.3) is 4.96 Å². The van der Waals surface area contributed by atoms with Crippen molar-refractivity contribution >= 4 is 22.1 Å². The summed E-state index contributed by atoms with van der Waals surface area (Å²) >= 11 is 1.62. The standard InChI is InChI=1S/C12H16N6S/c1-16(7-9-6-14-17(2)8-9)11-10(5-13)18-3-4-19-12(18)15-11/h3-4,6,8H,5,7,13H2,1-2H3. The van der Waals surface area contributed by atoms with Gasteiger partial charge in [-0.1, -0.05) is 0 Å². The van der Waals surface area contributed by atoms with Crippen LogP contribution in [0.2, 0.25) is 0 Å². The van der Waals surface area contributed by atoms with E-state index in [9.17, 15) is 0 Å². The molecule has 2 N–H and O–H groups in total. The van der Waals surface area contributed by atoms with Crippen LogP contribution in [0, 0.1) is 0 Å². The molecule has 100 valence electrons.